The molecule has 5 heteroatoms. The highest BCUT2D eigenvalue weighted by atomic mass is 79.9. The molecule has 0 amide bonds. The Morgan fingerprint density at radius 2 is 2.07 bits per heavy atom. The Balaban J connectivity index is 3.28. The standard InChI is InChI=1S/C9H8BrFO3/c1-13-8-6(11)4-3-5(7(8)10)9(12)14-2/h3-4H,1-2H3. The lowest BCUT2D eigenvalue weighted by atomic mass is 10.2. The van der Waals surface area contributed by atoms with Crippen LogP contribution < -0.4 is 4.74 Å². The third-order valence-corrected chi connectivity index (χ3v) is 2.45. The Bertz CT molecular complexity index is 365. The van der Waals surface area contributed by atoms with E-state index < -0.39 is 11.8 Å². The van der Waals surface area contributed by atoms with E-state index in [0.29, 0.717) is 0 Å². The van der Waals surface area contributed by atoms with Gasteiger partial charge in [0.15, 0.2) is 11.6 Å². The summed E-state index contributed by atoms with van der Waals surface area (Å²) in [5.41, 5.74) is 0.228. The quantitative estimate of drug-likeness (QED) is 0.768. The Morgan fingerprint density at radius 1 is 1.43 bits per heavy atom. The highest BCUT2D eigenvalue weighted by Gasteiger charge is 2.17. The second-order valence-corrected chi connectivity index (χ2v) is 3.23. The minimum Gasteiger partial charge on any atom is -0.492 e. The van der Waals surface area contributed by atoms with Gasteiger partial charge in [-0.25, -0.2) is 9.18 Å². The molecule has 0 aromatic heterocycles. The monoisotopic (exact) mass is 262 g/mol. The molecule has 0 fully saturated rings. The molecule has 0 aliphatic heterocycles. The summed E-state index contributed by atoms with van der Waals surface area (Å²) in [6.45, 7) is 0. The maximum Gasteiger partial charge on any atom is 0.339 e. The van der Waals surface area contributed by atoms with Gasteiger partial charge in [0.1, 0.15) is 0 Å². The van der Waals surface area contributed by atoms with Crippen molar-refractivity contribution in [3.63, 3.8) is 0 Å². The summed E-state index contributed by atoms with van der Waals surface area (Å²) in [6.07, 6.45) is 0. The molecule has 0 spiro atoms. The number of carbonyl (C=O) groups is 1. The van der Waals surface area contributed by atoms with E-state index >= 15 is 0 Å². The summed E-state index contributed by atoms with van der Waals surface area (Å²) in [4.78, 5) is 11.2. The van der Waals surface area contributed by atoms with Crippen molar-refractivity contribution in [2.75, 3.05) is 14.2 Å². The zero-order valence-electron chi connectivity index (χ0n) is 7.64. The van der Waals surface area contributed by atoms with Gasteiger partial charge < -0.3 is 9.47 Å². The summed E-state index contributed by atoms with van der Waals surface area (Å²) in [5.74, 6) is -1.09. The van der Waals surface area contributed by atoms with Crippen molar-refractivity contribution >= 4 is 21.9 Å². The summed E-state index contributed by atoms with van der Waals surface area (Å²) >= 11 is 3.07. The molecule has 1 rings (SSSR count). The van der Waals surface area contributed by atoms with E-state index in [-0.39, 0.29) is 15.8 Å². The van der Waals surface area contributed by atoms with Gasteiger partial charge in [0.05, 0.1) is 24.3 Å². The molecule has 3 nitrogen and oxygen atoms in total. The van der Waals surface area contributed by atoms with Gasteiger partial charge in [-0.1, -0.05) is 0 Å². The Kier molecular flexibility index (Phi) is 3.46. The van der Waals surface area contributed by atoms with Gasteiger partial charge in [-0.2, -0.15) is 0 Å². The van der Waals surface area contributed by atoms with Crippen molar-refractivity contribution in [3.05, 3.63) is 28.0 Å². The Morgan fingerprint density at radius 3 is 2.57 bits per heavy atom. The van der Waals surface area contributed by atoms with Gasteiger partial charge in [-0.05, 0) is 28.1 Å². The van der Waals surface area contributed by atoms with Crippen molar-refractivity contribution < 1.29 is 18.7 Å². The van der Waals surface area contributed by atoms with Gasteiger partial charge in [-0.15, -0.1) is 0 Å². The molecule has 0 unspecified atom stereocenters. The first-order valence-corrected chi connectivity index (χ1v) is 4.51. The molecule has 0 saturated heterocycles. The van der Waals surface area contributed by atoms with Crippen LogP contribution in [0.25, 0.3) is 0 Å². The van der Waals surface area contributed by atoms with Gasteiger partial charge in [0.25, 0.3) is 0 Å². The number of ether oxygens (including phenoxy) is 2. The summed E-state index contributed by atoms with van der Waals surface area (Å²) in [6, 6.07) is 2.48. The average molecular weight is 263 g/mol. The predicted octanol–water partition coefficient (Wildman–Crippen LogP) is 2.38. The molecular formula is C9H8BrFO3. The fourth-order valence-corrected chi connectivity index (χ4v) is 1.63. The van der Waals surface area contributed by atoms with Crippen molar-refractivity contribution in [2.45, 2.75) is 0 Å². The van der Waals surface area contributed by atoms with Gasteiger partial charge in [0, 0.05) is 0 Å². The van der Waals surface area contributed by atoms with Gasteiger partial charge in [-0.3, -0.25) is 0 Å². The lowest BCUT2D eigenvalue weighted by Gasteiger charge is -2.07. The number of methoxy groups -OCH3 is 2. The highest BCUT2D eigenvalue weighted by molar-refractivity contribution is 9.10. The minimum atomic E-state index is -0.546. The van der Waals surface area contributed by atoms with Crippen LogP contribution in [0.15, 0.2) is 16.6 Å². The van der Waals surface area contributed by atoms with Crippen LogP contribution in [0.3, 0.4) is 0 Å². The Labute approximate surface area is 88.9 Å². The first kappa shape index (κ1) is 11.0. The van der Waals surface area contributed by atoms with E-state index in [1.54, 1.807) is 0 Å². The van der Waals surface area contributed by atoms with Crippen LogP contribution in [0.5, 0.6) is 5.75 Å². The largest absolute Gasteiger partial charge is 0.492 e. The smallest absolute Gasteiger partial charge is 0.339 e. The molecule has 0 N–H and O–H groups in total. The second kappa shape index (κ2) is 4.41. The average Bonchev–Trinajstić information content (AvgIpc) is 2.18. The molecule has 76 valence electrons. The molecule has 0 bridgehead atoms. The second-order valence-electron chi connectivity index (χ2n) is 2.43. The molecule has 14 heavy (non-hydrogen) atoms. The third-order valence-electron chi connectivity index (χ3n) is 1.66. The number of rotatable bonds is 2. The van der Waals surface area contributed by atoms with Gasteiger partial charge >= 0.3 is 5.97 Å². The summed E-state index contributed by atoms with van der Waals surface area (Å²) in [5, 5.41) is 0. The van der Waals surface area contributed by atoms with E-state index in [2.05, 4.69) is 20.7 Å². The number of hydrogen-bond acceptors (Lipinski definition) is 3. The molecule has 0 atom stereocenters. The van der Waals surface area contributed by atoms with Crippen LogP contribution in [0.4, 0.5) is 4.39 Å². The normalized spacial score (nSPS) is 9.71. The van der Waals surface area contributed by atoms with E-state index in [9.17, 15) is 9.18 Å². The molecule has 0 radical (unpaired) electrons. The number of hydrogen-bond donors (Lipinski definition) is 0. The zero-order valence-corrected chi connectivity index (χ0v) is 9.22. The molecule has 0 heterocycles. The number of halogens is 2. The first-order chi connectivity index (χ1) is 6.61. The van der Waals surface area contributed by atoms with Crippen LogP contribution in [0, 0.1) is 5.82 Å². The van der Waals surface area contributed by atoms with E-state index in [1.807, 2.05) is 0 Å². The molecule has 0 aliphatic rings. The maximum atomic E-state index is 13.1. The molecular weight excluding hydrogens is 255 g/mol. The van der Waals surface area contributed by atoms with Crippen LogP contribution in [-0.4, -0.2) is 20.2 Å². The van der Waals surface area contributed by atoms with Crippen LogP contribution in [-0.2, 0) is 4.74 Å². The molecule has 1 aromatic carbocycles. The molecule has 0 saturated carbocycles. The van der Waals surface area contributed by atoms with Crippen molar-refractivity contribution in [2.24, 2.45) is 0 Å². The van der Waals surface area contributed by atoms with Crippen molar-refractivity contribution in [3.8, 4) is 5.75 Å². The van der Waals surface area contributed by atoms with E-state index in [0.717, 1.165) is 6.07 Å². The van der Waals surface area contributed by atoms with Crippen LogP contribution in [0.2, 0.25) is 0 Å². The first-order valence-electron chi connectivity index (χ1n) is 3.72. The predicted molar refractivity (Wildman–Crippen MR) is 52.0 cm³/mol. The van der Waals surface area contributed by atoms with Gasteiger partial charge in [0.2, 0.25) is 0 Å². The van der Waals surface area contributed by atoms with Crippen LogP contribution >= 0.6 is 15.9 Å². The van der Waals surface area contributed by atoms with Crippen molar-refractivity contribution in [1.82, 2.24) is 0 Å². The number of carbonyl (C=O) groups excluding carboxylic acids is 1. The number of benzene rings is 1. The molecule has 0 aliphatic carbocycles. The Hall–Kier alpha value is -1.10. The number of esters is 1. The lowest BCUT2D eigenvalue weighted by Crippen LogP contribution is -2.04. The lowest BCUT2D eigenvalue weighted by molar-refractivity contribution is 0.0599. The fraction of sp³-hybridized carbons (Fsp3) is 0.222. The third kappa shape index (κ3) is 1.87. The highest BCUT2D eigenvalue weighted by Crippen LogP contribution is 2.31. The van der Waals surface area contributed by atoms with Crippen molar-refractivity contribution in [1.29, 1.82) is 0 Å². The summed E-state index contributed by atoms with van der Waals surface area (Å²) in [7, 11) is 2.58. The SMILES string of the molecule is COC(=O)c1ccc(F)c(OC)c1Br. The summed E-state index contributed by atoms with van der Waals surface area (Å²) < 4.78 is 22.6. The van der Waals surface area contributed by atoms with Crippen LogP contribution in [0.1, 0.15) is 10.4 Å². The zero-order chi connectivity index (χ0) is 10.7. The minimum absolute atomic E-state index is 0.00657. The topological polar surface area (TPSA) is 35.5 Å². The van der Waals surface area contributed by atoms with E-state index in [1.165, 1.54) is 20.3 Å². The fourth-order valence-electron chi connectivity index (χ4n) is 0.987. The molecule has 1 aromatic rings. The maximum absolute atomic E-state index is 13.1. The van der Waals surface area contributed by atoms with E-state index in [4.69, 9.17) is 4.74 Å².